The monoisotopic (exact) mass is 242 g/mol. The number of hydrogen-bond acceptors (Lipinski definition) is 3. The highest BCUT2D eigenvalue weighted by Gasteiger charge is 2.15. The fourth-order valence-corrected chi connectivity index (χ4v) is 1.25. The van der Waals surface area contributed by atoms with Gasteiger partial charge in [-0.2, -0.15) is 0 Å². The Balaban J connectivity index is 2.66. The minimum absolute atomic E-state index is 0.0539. The first-order valence-corrected chi connectivity index (χ1v) is 5.28. The van der Waals surface area contributed by atoms with E-state index in [0.29, 0.717) is 0 Å². The molecule has 0 aromatic heterocycles. The van der Waals surface area contributed by atoms with Crippen molar-refractivity contribution in [1.82, 2.24) is 0 Å². The van der Waals surface area contributed by atoms with Gasteiger partial charge in [-0.3, -0.25) is 0 Å². The van der Waals surface area contributed by atoms with Gasteiger partial charge in [-0.05, 0) is 26.0 Å². The van der Waals surface area contributed by atoms with Crippen LogP contribution in [0.15, 0.2) is 18.2 Å². The third-order valence-electron chi connectivity index (χ3n) is 1.98. The molecule has 5 heteroatoms. The molecule has 1 aromatic rings. The van der Waals surface area contributed by atoms with Gasteiger partial charge >= 0.3 is 5.97 Å². The summed E-state index contributed by atoms with van der Waals surface area (Å²) in [6, 6.07) is 3.78. The van der Waals surface area contributed by atoms with Crippen LogP contribution in [0.5, 0.6) is 5.75 Å². The van der Waals surface area contributed by atoms with Crippen LogP contribution in [-0.4, -0.2) is 30.4 Å². The molecule has 0 heterocycles. The van der Waals surface area contributed by atoms with E-state index >= 15 is 0 Å². The molecule has 0 amide bonds. The Morgan fingerprint density at radius 2 is 2.12 bits per heavy atom. The third kappa shape index (κ3) is 4.03. The molecule has 0 spiro atoms. The maximum Gasteiger partial charge on any atom is 0.339 e. The molecule has 94 valence electrons. The van der Waals surface area contributed by atoms with Crippen molar-refractivity contribution in [3.8, 4) is 5.75 Å². The van der Waals surface area contributed by atoms with Crippen LogP contribution in [0.4, 0.5) is 4.39 Å². The maximum absolute atomic E-state index is 13.4. The number of aromatic carboxylic acids is 1. The Hall–Kier alpha value is -1.62. The summed E-state index contributed by atoms with van der Waals surface area (Å²) in [4.78, 5) is 10.8. The van der Waals surface area contributed by atoms with Crippen molar-refractivity contribution in [3.63, 3.8) is 0 Å². The second kappa shape index (κ2) is 6.20. The molecule has 0 aliphatic heterocycles. The van der Waals surface area contributed by atoms with Crippen LogP contribution in [-0.2, 0) is 4.74 Å². The van der Waals surface area contributed by atoms with Crippen molar-refractivity contribution in [3.05, 3.63) is 29.6 Å². The molecule has 0 saturated carbocycles. The molecule has 1 aromatic carbocycles. The molecule has 0 aliphatic rings. The second-order valence-electron chi connectivity index (χ2n) is 3.69. The van der Waals surface area contributed by atoms with Crippen LogP contribution in [0.2, 0.25) is 0 Å². The highest BCUT2D eigenvalue weighted by molar-refractivity contribution is 5.90. The fraction of sp³-hybridized carbons (Fsp3) is 0.417. The summed E-state index contributed by atoms with van der Waals surface area (Å²) in [6.07, 6.45) is 0.0539. The van der Waals surface area contributed by atoms with E-state index in [0.717, 1.165) is 6.07 Å². The summed E-state index contributed by atoms with van der Waals surface area (Å²) in [7, 11) is 0. The van der Waals surface area contributed by atoms with Crippen LogP contribution in [0.1, 0.15) is 24.2 Å². The van der Waals surface area contributed by atoms with E-state index in [1.54, 1.807) is 0 Å². The van der Waals surface area contributed by atoms with Crippen LogP contribution in [0.3, 0.4) is 0 Å². The lowest BCUT2D eigenvalue weighted by atomic mass is 10.2. The van der Waals surface area contributed by atoms with E-state index in [1.165, 1.54) is 12.1 Å². The van der Waals surface area contributed by atoms with Crippen LogP contribution >= 0.6 is 0 Å². The topological polar surface area (TPSA) is 55.8 Å². The van der Waals surface area contributed by atoms with Crippen molar-refractivity contribution >= 4 is 5.97 Å². The molecular weight excluding hydrogens is 227 g/mol. The van der Waals surface area contributed by atoms with E-state index < -0.39 is 11.8 Å². The number of carbonyl (C=O) groups is 1. The Morgan fingerprint density at radius 1 is 1.41 bits per heavy atom. The molecule has 0 unspecified atom stereocenters. The molecule has 1 rings (SSSR count). The van der Waals surface area contributed by atoms with Gasteiger partial charge in [0.05, 0.1) is 12.7 Å². The van der Waals surface area contributed by atoms with Crippen molar-refractivity contribution < 1.29 is 23.8 Å². The van der Waals surface area contributed by atoms with Crippen molar-refractivity contribution in [2.24, 2.45) is 0 Å². The average Bonchev–Trinajstić information content (AvgIpc) is 2.25. The first kappa shape index (κ1) is 13.4. The Labute approximate surface area is 99.0 Å². The largest absolute Gasteiger partial charge is 0.487 e. The quantitative estimate of drug-likeness (QED) is 0.778. The Bertz CT molecular complexity index is 390. The van der Waals surface area contributed by atoms with Crippen molar-refractivity contribution in [2.45, 2.75) is 20.0 Å². The smallest absolute Gasteiger partial charge is 0.339 e. The average molecular weight is 242 g/mol. The molecule has 0 aliphatic carbocycles. The van der Waals surface area contributed by atoms with Crippen molar-refractivity contribution in [1.29, 1.82) is 0 Å². The number of para-hydroxylation sites is 1. The van der Waals surface area contributed by atoms with Gasteiger partial charge in [0.15, 0.2) is 11.6 Å². The zero-order chi connectivity index (χ0) is 12.8. The van der Waals surface area contributed by atoms with E-state index in [4.69, 9.17) is 14.6 Å². The zero-order valence-corrected chi connectivity index (χ0v) is 9.77. The van der Waals surface area contributed by atoms with Gasteiger partial charge in [-0.25, -0.2) is 9.18 Å². The minimum Gasteiger partial charge on any atom is -0.487 e. The number of carboxylic acid groups (broad SMARTS) is 1. The molecule has 0 saturated heterocycles. The summed E-state index contributed by atoms with van der Waals surface area (Å²) >= 11 is 0. The fourth-order valence-electron chi connectivity index (χ4n) is 1.25. The normalized spacial score (nSPS) is 10.6. The molecule has 1 N–H and O–H groups in total. The number of halogens is 1. The summed E-state index contributed by atoms with van der Waals surface area (Å²) in [5, 5.41) is 8.86. The van der Waals surface area contributed by atoms with E-state index in [-0.39, 0.29) is 30.6 Å². The molecule has 0 bridgehead atoms. The van der Waals surface area contributed by atoms with E-state index in [1.807, 2.05) is 13.8 Å². The lowest BCUT2D eigenvalue weighted by molar-refractivity contribution is 0.0529. The van der Waals surface area contributed by atoms with Gasteiger partial charge in [-0.15, -0.1) is 0 Å². The number of rotatable bonds is 6. The summed E-state index contributed by atoms with van der Waals surface area (Å²) < 4.78 is 23.7. The van der Waals surface area contributed by atoms with Gasteiger partial charge in [0, 0.05) is 0 Å². The van der Waals surface area contributed by atoms with Gasteiger partial charge in [0.25, 0.3) is 0 Å². The zero-order valence-electron chi connectivity index (χ0n) is 9.77. The predicted molar refractivity (Wildman–Crippen MR) is 59.9 cm³/mol. The highest BCUT2D eigenvalue weighted by Crippen LogP contribution is 2.22. The minimum atomic E-state index is -1.22. The molecule has 17 heavy (non-hydrogen) atoms. The number of benzene rings is 1. The SMILES string of the molecule is CC(C)OCCOc1c(F)cccc1C(=O)O. The molecule has 0 atom stereocenters. The van der Waals surface area contributed by atoms with Gasteiger partial charge in [-0.1, -0.05) is 6.07 Å². The van der Waals surface area contributed by atoms with E-state index in [9.17, 15) is 9.18 Å². The van der Waals surface area contributed by atoms with Crippen LogP contribution in [0.25, 0.3) is 0 Å². The maximum atomic E-state index is 13.4. The van der Waals surface area contributed by atoms with Crippen LogP contribution < -0.4 is 4.74 Å². The summed E-state index contributed by atoms with van der Waals surface area (Å²) in [5.41, 5.74) is -0.186. The first-order chi connectivity index (χ1) is 8.02. The molecular formula is C12H15FO4. The Morgan fingerprint density at radius 3 is 2.71 bits per heavy atom. The van der Waals surface area contributed by atoms with E-state index in [2.05, 4.69) is 0 Å². The molecule has 0 fully saturated rings. The number of hydrogen-bond donors (Lipinski definition) is 1. The standard InChI is InChI=1S/C12H15FO4/c1-8(2)16-6-7-17-11-9(12(14)15)4-3-5-10(11)13/h3-5,8H,6-7H2,1-2H3,(H,14,15). The van der Waals surface area contributed by atoms with Gasteiger partial charge in [0.2, 0.25) is 0 Å². The molecule has 4 nitrogen and oxygen atoms in total. The van der Waals surface area contributed by atoms with Crippen molar-refractivity contribution in [2.75, 3.05) is 13.2 Å². The van der Waals surface area contributed by atoms with Crippen LogP contribution in [0, 0.1) is 5.82 Å². The van der Waals surface area contributed by atoms with Gasteiger partial charge < -0.3 is 14.6 Å². The lowest BCUT2D eigenvalue weighted by Gasteiger charge is -2.11. The van der Waals surface area contributed by atoms with Gasteiger partial charge in [0.1, 0.15) is 12.2 Å². The predicted octanol–water partition coefficient (Wildman–Crippen LogP) is 2.33. The Kier molecular flexibility index (Phi) is 4.90. The third-order valence-corrected chi connectivity index (χ3v) is 1.98. The highest BCUT2D eigenvalue weighted by atomic mass is 19.1. The number of carboxylic acids is 1. The summed E-state index contributed by atoms with van der Waals surface area (Å²) in [6.45, 7) is 4.13. The summed E-state index contributed by atoms with van der Waals surface area (Å²) in [5.74, 6) is -2.15. The molecule has 0 radical (unpaired) electrons. The first-order valence-electron chi connectivity index (χ1n) is 5.28. The number of ether oxygens (including phenoxy) is 2. The lowest BCUT2D eigenvalue weighted by Crippen LogP contribution is -2.13. The second-order valence-corrected chi connectivity index (χ2v) is 3.69.